The quantitative estimate of drug-likeness (QED) is 0.358. The van der Waals surface area contributed by atoms with Crippen molar-refractivity contribution in [3.05, 3.63) is 66.9 Å². The minimum Gasteiger partial charge on any atom is -0.487 e. The van der Waals surface area contributed by atoms with E-state index in [0.717, 1.165) is 11.1 Å². The van der Waals surface area contributed by atoms with E-state index in [-0.39, 0.29) is 5.76 Å². The molecule has 2 aromatic carbocycles. The highest BCUT2D eigenvalue weighted by molar-refractivity contribution is 5.87. The first-order chi connectivity index (χ1) is 9.70. The summed E-state index contributed by atoms with van der Waals surface area (Å²) in [5.74, 6) is -0.0884. The summed E-state index contributed by atoms with van der Waals surface area (Å²) >= 11 is 0. The van der Waals surface area contributed by atoms with E-state index in [9.17, 15) is 4.79 Å². The lowest BCUT2D eigenvalue weighted by atomic mass is 10.1. The first-order valence-corrected chi connectivity index (χ1v) is 6.40. The lowest BCUT2D eigenvalue weighted by Crippen LogP contribution is -2.12. The van der Waals surface area contributed by atoms with E-state index >= 15 is 0 Å². The maximum absolute atomic E-state index is 11.6. The van der Waals surface area contributed by atoms with Crippen LogP contribution in [0.25, 0.3) is 11.1 Å². The molecule has 0 aliphatic rings. The van der Waals surface area contributed by atoms with Crippen molar-refractivity contribution in [3.63, 3.8) is 0 Å². The summed E-state index contributed by atoms with van der Waals surface area (Å²) in [4.78, 5) is 11.6. The lowest BCUT2D eigenvalue weighted by molar-refractivity contribution is -0.133. The summed E-state index contributed by atoms with van der Waals surface area (Å²) in [6.07, 6.45) is 0. The van der Waals surface area contributed by atoms with Gasteiger partial charge in [-0.2, -0.15) is 0 Å². The van der Waals surface area contributed by atoms with Crippen LogP contribution in [0.2, 0.25) is 0 Å². The molecule has 0 aliphatic carbocycles. The fraction of sp³-hybridized carbons (Fsp3) is 0.118. The molecule has 0 amide bonds. The van der Waals surface area contributed by atoms with Gasteiger partial charge >= 0.3 is 5.97 Å². The Morgan fingerprint density at radius 2 is 1.60 bits per heavy atom. The van der Waals surface area contributed by atoms with Gasteiger partial charge in [0.2, 0.25) is 0 Å². The molecule has 2 rings (SSSR count). The first-order valence-electron chi connectivity index (χ1n) is 6.40. The first kappa shape index (κ1) is 13.9. The van der Waals surface area contributed by atoms with Crippen molar-refractivity contribution in [3.8, 4) is 16.9 Å². The molecule has 2 aromatic rings. The van der Waals surface area contributed by atoms with E-state index in [0.29, 0.717) is 12.4 Å². The predicted octanol–water partition coefficient (Wildman–Crippen LogP) is 3.81. The Morgan fingerprint density at radius 3 is 2.20 bits per heavy atom. The van der Waals surface area contributed by atoms with Gasteiger partial charge in [-0.1, -0.05) is 42.5 Å². The van der Waals surface area contributed by atoms with Gasteiger partial charge in [0.15, 0.2) is 5.76 Å². The smallest absolute Gasteiger partial charge is 0.378 e. The van der Waals surface area contributed by atoms with Crippen LogP contribution in [0.15, 0.2) is 66.9 Å². The maximum Gasteiger partial charge on any atom is 0.378 e. The van der Waals surface area contributed by atoms with Gasteiger partial charge in [0.25, 0.3) is 0 Å². The molecule has 0 bridgehead atoms. The average molecular weight is 268 g/mol. The number of benzene rings is 2. The van der Waals surface area contributed by atoms with Gasteiger partial charge in [0.1, 0.15) is 5.75 Å². The van der Waals surface area contributed by atoms with Gasteiger partial charge in [-0.15, -0.1) is 0 Å². The zero-order valence-electron chi connectivity index (χ0n) is 11.3. The standard InChI is InChI=1S/C17H16O3/c1-3-19-13(2)17(18)20-16-11-9-15(10-12-16)14-7-5-4-6-8-14/h4-12H,2-3H2,1H3. The summed E-state index contributed by atoms with van der Waals surface area (Å²) in [7, 11) is 0. The number of carbonyl (C=O) groups is 1. The van der Waals surface area contributed by atoms with Crippen molar-refractivity contribution in [1.82, 2.24) is 0 Å². The molecule has 0 radical (unpaired) electrons. The van der Waals surface area contributed by atoms with Crippen LogP contribution in [-0.4, -0.2) is 12.6 Å². The lowest BCUT2D eigenvalue weighted by Gasteiger charge is -2.08. The predicted molar refractivity (Wildman–Crippen MR) is 78.3 cm³/mol. The molecule has 0 aromatic heterocycles. The minimum atomic E-state index is -0.570. The fourth-order valence-electron chi connectivity index (χ4n) is 1.74. The van der Waals surface area contributed by atoms with Gasteiger partial charge in [-0.25, -0.2) is 4.79 Å². The van der Waals surface area contributed by atoms with Crippen LogP contribution in [0.4, 0.5) is 0 Å². The summed E-state index contributed by atoms with van der Waals surface area (Å²) in [5.41, 5.74) is 2.18. The summed E-state index contributed by atoms with van der Waals surface area (Å²) in [6.45, 7) is 5.68. The van der Waals surface area contributed by atoms with Gasteiger partial charge in [0, 0.05) is 0 Å². The van der Waals surface area contributed by atoms with Crippen LogP contribution in [-0.2, 0) is 9.53 Å². The molecule has 102 valence electrons. The molecular weight excluding hydrogens is 252 g/mol. The molecule has 0 fully saturated rings. The van der Waals surface area contributed by atoms with Crippen LogP contribution >= 0.6 is 0 Å². The highest BCUT2D eigenvalue weighted by atomic mass is 16.6. The van der Waals surface area contributed by atoms with E-state index in [2.05, 4.69) is 6.58 Å². The van der Waals surface area contributed by atoms with E-state index in [1.54, 1.807) is 19.1 Å². The Morgan fingerprint density at radius 1 is 1.00 bits per heavy atom. The number of ether oxygens (including phenoxy) is 2. The fourth-order valence-corrected chi connectivity index (χ4v) is 1.74. The van der Waals surface area contributed by atoms with E-state index < -0.39 is 5.97 Å². The highest BCUT2D eigenvalue weighted by Crippen LogP contribution is 2.22. The second-order valence-corrected chi connectivity index (χ2v) is 4.14. The molecule has 0 saturated carbocycles. The Bertz CT molecular complexity index is 585. The molecule has 3 heteroatoms. The number of hydrogen-bond donors (Lipinski definition) is 0. The van der Waals surface area contributed by atoms with Gasteiger partial charge < -0.3 is 9.47 Å². The molecule has 0 unspecified atom stereocenters. The molecule has 3 nitrogen and oxygen atoms in total. The number of hydrogen-bond acceptors (Lipinski definition) is 3. The Labute approximate surface area is 118 Å². The second kappa shape index (κ2) is 6.57. The molecule has 0 heterocycles. The van der Waals surface area contributed by atoms with Crippen LogP contribution in [0.5, 0.6) is 5.75 Å². The SMILES string of the molecule is C=C(OCC)C(=O)Oc1ccc(-c2ccccc2)cc1. The Balaban J connectivity index is 2.06. The Hall–Kier alpha value is -2.55. The van der Waals surface area contributed by atoms with Crippen molar-refractivity contribution in [2.75, 3.05) is 6.61 Å². The molecule has 0 saturated heterocycles. The summed E-state index contributed by atoms with van der Waals surface area (Å²) in [6, 6.07) is 17.3. The summed E-state index contributed by atoms with van der Waals surface area (Å²) in [5, 5.41) is 0. The summed E-state index contributed by atoms with van der Waals surface area (Å²) < 4.78 is 10.2. The minimum absolute atomic E-state index is 0.0136. The topological polar surface area (TPSA) is 35.5 Å². The third-order valence-electron chi connectivity index (χ3n) is 2.72. The van der Waals surface area contributed by atoms with Crippen molar-refractivity contribution >= 4 is 5.97 Å². The normalized spacial score (nSPS) is 9.85. The van der Waals surface area contributed by atoms with Gasteiger partial charge in [0.05, 0.1) is 6.61 Å². The molecule has 0 aliphatic heterocycles. The zero-order chi connectivity index (χ0) is 14.4. The molecule has 0 spiro atoms. The van der Waals surface area contributed by atoms with Gasteiger partial charge in [-0.3, -0.25) is 0 Å². The van der Waals surface area contributed by atoms with Crippen LogP contribution in [0.1, 0.15) is 6.92 Å². The van der Waals surface area contributed by atoms with E-state index in [1.807, 2.05) is 42.5 Å². The highest BCUT2D eigenvalue weighted by Gasteiger charge is 2.10. The van der Waals surface area contributed by atoms with Crippen molar-refractivity contribution in [2.45, 2.75) is 6.92 Å². The van der Waals surface area contributed by atoms with Crippen LogP contribution < -0.4 is 4.74 Å². The maximum atomic E-state index is 11.6. The van der Waals surface area contributed by atoms with Crippen LogP contribution in [0.3, 0.4) is 0 Å². The molecule has 20 heavy (non-hydrogen) atoms. The monoisotopic (exact) mass is 268 g/mol. The van der Waals surface area contributed by atoms with Crippen molar-refractivity contribution in [1.29, 1.82) is 0 Å². The third-order valence-corrected chi connectivity index (χ3v) is 2.72. The third kappa shape index (κ3) is 3.48. The number of rotatable bonds is 5. The number of carbonyl (C=O) groups excluding carboxylic acids is 1. The van der Waals surface area contributed by atoms with Crippen LogP contribution in [0, 0.1) is 0 Å². The number of esters is 1. The van der Waals surface area contributed by atoms with E-state index in [1.165, 1.54) is 0 Å². The van der Waals surface area contributed by atoms with Gasteiger partial charge in [-0.05, 0) is 36.8 Å². The van der Waals surface area contributed by atoms with E-state index in [4.69, 9.17) is 9.47 Å². The average Bonchev–Trinajstić information content (AvgIpc) is 2.49. The molecule has 0 atom stereocenters. The molecule has 0 N–H and O–H groups in total. The molecular formula is C17H16O3. The van der Waals surface area contributed by atoms with Crippen molar-refractivity contribution in [2.24, 2.45) is 0 Å². The largest absolute Gasteiger partial charge is 0.487 e. The Kier molecular flexibility index (Phi) is 4.56. The second-order valence-electron chi connectivity index (χ2n) is 4.14. The van der Waals surface area contributed by atoms with Crippen molar-refractivity contribution < 1.29 is 14.3 Å². The zero-order valence-corrected chi connectivity index (χ0v) is 11.3.